The lowest BCUT2D eigenvalue weighted by atomic mass is 10.2. The number of hydrogen-bond acceptors (Lipinski definition) is 4. The second-order valence-electron chi connectivity index (χ2n) is 6.56. The van der Waals surface area contributed by atoms with Gasteiger partial charge in [-0.15, -0.1) is 0 Å². The minimum Gasteiger partial charge on any atom is -0.459 e. The van der Waals surface area contributed by atoms with E-state index in [0.29, 0.717) is 5.96 Å². The van der Waals surface area contributed by atoms with Crippen molar-refractivity contribution in [2.75, 3.05) is 13.6 Å². The van der Waals surface area contributed by atoms with Crippen LogP contribution in [0.25, 0.3) is 11.0 Å². The molecule has 0 fully saturated rings. The summed E-state index contributed by atoms with van der Waals surface area (Å²) in [5.41, 5.74) is 0.343. The molecular weight excluding hydrogens is 306 g/mol. The van der Waals surface area contributed by atoms with Gasteiger partial charge in [0.2, 0.25) is 0 Å². The third-order valence-electron chi connectivity index (χ3n) is 3.27. The van der Waals surface area contributed by atoms with E-state index in [1.54, 1.807) is 7.05 Å². The molecule has 0 spiro atoms. The van der Waals surface area contributed by atoms with Crippen LogP contribution in [-0.4, -0.2) is 31.1 Å². The maximum Gasteiger partial charge on any atom is 0.325 e. The van der Waals surface area contributed by atoms with Gasteiger partial charge in [-0.1, -0.05) is 18.2 Å². The van der Waals surface area contributed by atoms with Crippen molar-refractivity contribution in [1.29, 1.82) is 0 Å². The van der Waals surface area contributed by atoms with Crippen molar-refractivity contribution in [3.63, 3.8) is 0 Å². The SMILES string of the molecule is CN=C(NCC(=O)OC(C)(C)C)NC(C)c1cc2ccccc2o1. The maximum absolute atomic E-state index is 11.8. The number of esters is 1. The molecule has 0 aliphatic heterocycles. The van der Waals surface area contributed by atoms with Crippen LogP contribution in [0.1, 0.15) is 39.5 Å². The number of rotatable bonds is 4. The van der Waals surface area contributed by atoms with Gasteiger partial charge in [0.15, 0.2) is 5.96 Å². The Hall–Kier alpha value is -2.50. The van der Waals surface area contributed by atoms with Gasteiger partial charge in [0.1, 0.15) is 23.5 Å². The summed E-state index contributed by atoms with van der Waals surface area (Å²) in [6.45, 7) is 7.52. The van der Waals surface area contributed by atoms with Crippen molar-refractivity contribution in [3.05, 3.63) is 36.1 Å². The fraction of sp³-hybridized carbons (Fsp3) is 0.444. The standard InChI is InChI=1S/C18H25N3O3/c1-12(15-10-13-8-6-7-9-14(13)23-15)21-17(19-5)20-11-16(22)24-18(2,3)4/h6-10,12H,11H2,1-5H3,(H2,19,20,21). The molecule has 2 aromatic rings. The van der Waals surface area contributed by atoms with Crippen LogP contribution < -0.4 is 10.6 Å². The summed E-state index contributed by atoms with van der Waals surface area (Å²) in [5.74, 6) is 0.979. The van der Waals surface area contributed by atoms with Crippen LogP contribution >= 0.6 is 0 Å². The van der Waals surface area contributed by atoms with Gasteiger partial charge < -0.3 is 19.8 Å². The van der Waals surface area contributed by atoms with Crippen molar-refractivity contribution in [2.24, 2.45) is 4.99 Å². The minimum atomic E-state index is -0.503. The van der Waals surface area contributed by atoms with Gasteiger partial charge >= 0.3 is 5.97 Å². The predicted octanol–water partition coefficient (Wildman–Crippen LogP) is 3.00. The average molecular weight is 331 g/mol. The number of aliphatic imine (C=N–C) groups is 1. The summed E-state index contributed by atoms with van der Waals surface area (Å²) in [5, 5.41) is 7.20. The molecule has 1 heterocycles. The zero-order valence-electron chi connectivity index (χ0n) is 14.8. The first-order valence-electron chi connectivity index (χ1n) is 7.96. The zero-order valence-corrected chi connectivity index (χ0v) is 14.8. The van der Waals surface area contributed by atoms with E-state index >= 15 is 0 Å². The Kier molecular flexibility index (Phi) is 5.49. The molecule has 1 aromatic heterocycles. The first-order valence-corrected chi connectivity index (χ1v) is 7.96. The highest BCUT2D eigenvalue weighted by atomic mass is 16.6. The molecule has 1 aromatic carbocycles. The lowest BCUT2D eigenvalue weighted by Gasteiger charge is -2.20. The van der Waals surface area contributed by atoms with Crippen molar-refractivity contribution in [2.45, 2.75) is 39.3 Å². The molecule has 0 aliphatic rings. The van der Waals surface area contributed by atoms with Gasteiger partial charge in [0.25, 0.3) is 0 Å². The monoisotopic (exact) mass is 331 g/mol. The fourth-order valence-electron chi connectivity index (χ4n) is 2.22. The third kappa shape index (κ3) is 5.01. The van der Waals surface area contributed by atoms with Gasteiger partial charge in [0, 0.05) is 12.4 Å². The lowest BCUT2D eigenvalue weighted by Crippen LogP contribution is -2.42. The molecule has 0 aliphatic carbocycles. The lowest BCUT2D eigenvalue weighted by molar-refractivity contribution is -0.153. The average Bonchev–Trinajstić information content (AvgIpc) is 2.93. The molecule has 1 atom stereocenters. The van der Waals surface area contributed by atoms with E-state index in [4.69, 9.17) is 9.15 Å². The van der Waals surface area contributed by atoms with E-state index in [9.17, 15) is 4.79 Å². The minimum absolute atomic E-state index is 0.0454. The number of carbonyl (C=O) groups is 1. The fourth-order valence-corrected chi connectivity index (χ4v) is 2.22. The van der Waals surface area contributed by atoms with Crippen molar-refractivity contribution in [1.82, 2.24) is 10.6 Å². The van der Waals surface area contributed by atoms with E-state index < -0.39 is 5.60 Å². The Balaban J connectivity index is 1.93. The van der Waals surface area contributed by atoms with Crippen LogP contribution in [0.2, 0.25) is 0 Å². The number of carbonyl (C=O) groups excluding carboxylic acids is 1. The second-order valence-corrected chi connectivity index (χ2v) is 6.56. The molecule has 0 radical (unpaired) electrons. The Labute approximate surface area is 142 Å². The maximum atomic E-state index is 11.8. The van der Waals surface area contributed by atoms with Gasteiger partial charge in [0.05, 0.1) is 6.04 Å². The number of furan rings is 1. The molecule has 0 saturated heterocycles. The highest BCUT2D eigenvalue weighted by molar-refractivity contribution is 5.85. The molecule has 130 valence electrons. The molecule has 2 N–H and O–H groups in total. The first-order chi connectivity index (χ1) is 11.3. The van der Waals surface area contributed by atoms with Crippen molar-refractivity contribution < 1.29 is 13.9 Å². The Morgan fingerprint density at radius 2 is 2.04 bits per heavy atom. The Bertz CT molecular complexity index is 695. The normalized spacial score (nSPS) is 13.6. The van der Waals surface area contributed by atoms with Gasteiger partial charge in [-0.3, -0.25) is 9.79 Å². The molecule has 6 nitrogen and oxygen atoms in total. The number of para-hydroxylation sites is 1. The molecular formula is C18H25N3O3. The number of nitrogens with one attached hydrogen (secondary N) is 2. The molecule has 24 heavy (non-hydrogen) atoms. The molecule has 6 heteroatoms. The molecule has 0 amide bonds. The van der Waals surface area contributed by atoms with Crippen LogP contribution in [0.15, 0.2) is 39.7 Å². The van der Waals surface area contributed by atoms with Gasteiger partial charge in [-0.2, -0.15) is 0 Å². The molecule has 0 bridgehead atoms. The number of fused-ring (bicyclic) bond motifs is 1. The van der Waals surface area contributed by atoms with Crippen LogP contribution in [0.5, 0.6) is 0 Å². The van der Waals surface area contributed by atoms with Crippen molar-refractivity contribution in [3.8, 4) is 0 Å². The number of ether oxygens (including phenoxy) is 1. The zero-order chi connectivity index (χ0) is 17.7. The summed E-state index contributed by atoms with van der Waals surface area (Å²) in [4.78, 5) is 15.9. The van der Waals surface area contributed by atoms with Crippen LogP contribution in [0.4, 0.5) is 0 Å². The van der Waals surface area contributed by atoms with E-state index in [1.807, 2.05) is 58.0 Å². The smallest absolute Gasteiger partial charge is 0.325 e. The topological polar surface area (TPSA) is 75.9 Å². The van der Waals surface area contributed by atoms with E-state index in [2.05, 4.69) is 15.6 Å². The summed E-state index contributed by atoms with van der Waals surface area (Å²) < 4.78 is 11.1. The van der Waals surface area contributed by atoms with Crippen LogP contribution in [-0.2, 0) is 9.53 Å². The summed E-state index contributed by atoms with van der Waals surface area (Å²) in [6.07, 6.45) is 0. The largest absolute Gasteiger partial charge is 0.459 e. The first kappa shape index (κ1) is 17.8. The van der Waals surface area contributed by atoms with Gasteiger partial charge in [-0.25, -0.2) is 0 Å². The van der Waals surface area contributed by atoms with E-state index in [-0.39, 0.29) is 18.6 Å². The summed E-state index contributed by atoms with van der Waals surface area (Å²) in [6, 6.07) is 9.75. The Morgan fingerprint density at radius 1 is 1.33 bits per heavy atom. The number of guanidine groups is 1. The quantitative estimate of drug-likeness (QED) is 0.512. The summed E-state index contributed by atoms with van der Waals surface area (Å²) in [7, 11) is 1.65. The van der Waals surface area contributed by atoms with E-state index in [1.165, 1.54) is 0 Å². The number of benzene rings is 1. The van der Waals surface area contributed by atoms with Gasteiger partial charge in [-0.05, 0) is 39.8 Å². The molecule has 2 rings (SSSR count). The summed E-state index contributed by atoms with van der Waals surface area (Å²) >= 11 is 0. The Morgan fingerprint density at radius 3 is 2.67 bits per heavy atom. The van der Waals surface area contributed by atoms with Crippen LogP contribution in [0.3, 0.4) is 0 Å². The predicted molar refractivity (Wildman–Crippen MR) is 95.0 cm³/mol. The number of nitrogens with zero attached hydrogens (tertiary/aromatic N) is 1. The highest BCUT2D eigenvalue weighted by Gasteiger charge is 2.17. The number of hydrogen-bond donors (Lipinski definition) is 2. The second kappa shape index (κ2) is 7.38. The molecule has 1 unspecified atom stereocenters. The van der Waals surface area contributed by atoms with Crippen LogP contribution in [0, 0.1) is 0 Å². The third-order valence-corrected chi connectivity index (χ3v) is 3.27. The highest BCUT2D eigenvalue weighted by Crippen LogP contribution is 2.23. The van der Waals surface area contributed by atoms with Crippen molar-refractivity contribution >= 4 is 22.9 Å². The van der Waals surface area contributed by atoms with E-state index in [0.717, 1.165) is 16.7 Å². The molecule has 0 saturated carbocycles.